The van der Waals surface area contributed by atoms with Gasteiger partial charge in [0.2, 0.25) is 0 Å². The van der Waals surface area contributed by atoms with Crippen LogP contribution in [0.4, 0.5) is 5.69 Å². The Morgan fingerprint density at radius 2 is 1.89 bits per heavy atom. The van der Waals surface area contributed by atoms with Crippen LogP contribution in [0.2, 0.25) is 0 Å². The third-order valence-corrected chi connectivity index (χ3v) is 4.50. The molecular formula is C14H22BrN3O. The average molecular weight is 328 g/mol. The van der Waals surface area contributed by atoms with E-state index < -0.39 is 0 Å². The summed E-state index contributed by atoms with van der Waals surface area (Å²) in [4.78, 5) is 11.5. The molecule has 1 heterocycles. The van der Waals surface area contributed by atoms with E-state index in [2.05, 4.69) is 59.1 Å². The van der Waals surface area contributed by atoms with Gasteiger partial charge in [0, 0.05) is 6.04 Å². The molecule has 2 rings (SSSR count). The summed E-state index contributed by atoms with van der Waals surface area (Å²) in [7, 11) is 0. The minimum Gasteiger partial charge on any atom is -0.380 e. The molecule has 106 valence electrons. The normalized spacial score (nSPS) is 22.2. The lowest BCUT2D eigenvalue weighted by atomic mass is 9.63. The maximum Gasteiger partial charge on any atom is 0.280 e. The Bertz CT molecular complexity index is 506. The van der Waals surface area contributed by atoms with Crippen LogP contribution in [0.25, 0.3) is 0 Å². The van der Waals surface area contributed by atoms with Crippen molar-refractivity contribution in [2.75, 3.05) is 5.32 Å². The Morgan fingerprint density at radius 3 is 2.47 bits per heavy atom. The first-order valence-corrected chi connectivity index (χ1v) is 7.48. The molecule has 0 aliphatic heterocycles. The summed E-state index contributed by atoms with van der Waals surface area (Å²) in [6.07, 6.45) is 5.11. The summed E-state index contributed by atoms with van der Waals surface area (Å²) < 4.78 is 0.531. The molecule has 2 N–H and O–H groups in total. The second-order valence-corrected chi connectivity index (χ2v) is 7.97. The second-order valence-electron chi connectivity index (χ2n) is 7.18. The van der Waals surface area contributed by atoms with Crippen molar-refractivity contribution in [1.82, 2.24) is 10.2 Å². The van der Waals surface area contributed by atoms with E-state index in [-0.39, 0.29) is 5.56 Å². The van der Waals surface area contributed by atoms with Crippen molar-refractivity contribution in [3.8, 4) is 0 Å². The number of aromatic nitrogens is 2. The van der Waals surface area contributed by atoms with Gasteiger partial charge in [-0.3, -0.25) is 4.79 Å². The number of hydrogen-bond acceptors (Lipinski definition) is 3. The van der Waals surface area contributed by atoms with E-state index in [1.807, 2.05) is 0 Å². The van der Waals surface area contributed by atoms with Crippen LogP contribution in [0, 0.1) is 10.8 Å². The molecule has 5 heteroatoms. The van der Waals surface area contributed by atoms with Crippen molar-refractivity contribution in [3.05, 3.63) is 21.0 Å². The van der Waals surface area contributed by atoms with Crippen molar-refractivity contribution in [2.24, 2.45) is 10.8 Å². The molecular weight excluding hydrogens is 306 g/mol. The fourth-order valence-electron chi connectivity index (χ4n) is 3.65. The molecule has 0 saturated heterocycles. The summed E-state index contributed by atoms with van der Waals surface area (Å²) in [5.41, 5.74) is 1.22. The maximum atomic E-state index is 11.5. The third kappa shape index (κ3) is 3.59. The van der Waals surface area contributed by atoms with Crippen LogP contribution in [0.5, 0.6) is 0 Å². The van der Waals surface area contributed by atoms with E-state index in [4.69, 9.17) is 0 Å². The van der Waals surface area contributed by atoms with Gasteiger partial charge in [0.05, 0.1) is 11.9 Å². The fourth-order valence-corrected chi connectivity index (χ4v) is 3.96. The number of halogens is 1. The second kappa shape index (κ2) is 4.93. The first-order valence-electron chi connectivity index (χ1n) is 6.68. The van der Waals surface area contributed by atoms with Gasteiger partial charge in [-0.15, -0.1) is 0 Å². The van der Waals surface area contributed by atoms with Crippen molar-refractivity contribution in [3.63, 3.8) is 0 Å². The molecule has 1 fully saturated rings. The first-order chi connectivity index (χ1) is 8.69. The third-order valence-electron chi connectivity index (χ3n) is 3.71. The molecule has 0 atom stereocenters. The van der Waals surface area contributed by atoms with Gasteiger partial charge >= 0.3 is 0 Å². The minimum atomic E-state index is -0.195. The standard InChI is InChI=1S/C14H22BrN3O/c1-13(2)5-9(6-14(3,4)8-13)17-10-7-16-18-12(19)11(10)15/h7,9H,5-6,8H2,1-4H3,(H2,17,18,19). The van der Waals surface area contributed by atoms with Crippen LogP contribution >= 0.6 is 15.9 Å². The van der Waals surface area contributed by atoms with Crippen LogP contribution < -0.4 is 10.9 Å². The summed E-state index contributed by atoms with van der Waals surface area (Å²) in [6.45, 7) is 9.25. The number of H-pyrrole nitrogens is 1. The van der Waals surface area contributed by atoms with Crippen LogP contribution in [0.3, 0.4) is 0 Å². The largest absolute Gasteiger partial charge is 0.380 e. The minimum absolute atomic E-state index is 0.195. The lowest BCUT2D eigenvalue weighted by molar-refractivity contribution is 0.105. The monoisotopic (exact) mass is 327 g/mol. The van der Waals surface area contributed by atoms with E-state index in [1.165, 1.54) is 6.42 Å². The van der Waals surface area contributed by atoms with Crippen molar-refractivity contribution < 1.29 is 0 Å². The highest BCUT2D eigenvalue weighted by atomic mass is 79.9. The van der Waals surface area contributed by atoms with Gasteiger partial charge in [0.25, 0.3) is 5.56 Å². The zero-order valence-electron chi connectivity index (χ0n) is 12.0. The van der Waals surface area contributed by atoms with Gasteiger partial charge in [-0.05, 0) is 46.0 Å². The number of nitrogens with one attached hydrogen (secondary N) is 2. The van der Waals surface area contributed by atoms with Crippen LogP contribution in [0.1, 0.15) is 47.0 Å². The smallest absolute Gasteiger partial charge is 0.280 e. The quantitative estimate of drug-likeness (QED) is 0.873. The molecule has 0 radical (unpaired) electrons. The predicted molar refractivity (Wildman–Crippen MR) is 81.4 cm³/mol. The molecule has 1 aliphatic carbocycles. The summed E-state index contributed by atoms with van der Waals surface area (Å²) >= 11 is 3.32. The maximum absolute atomic E-state index is 11.5. The highest BCUT2D eigenvalue weighted by Crippen LogP contribution is 2.46. The van der Waals surface area contributed by atoms with E-state index >= 15 is 0 Å². The lowest BCUT2D eigenvalue weighted by Crippen LogP contribution is -2.40. The number of rotatable bonds is 2. The molecule has 0 bridgehead atoms. The van der Waals surface area contributed by atoms with Gasteiger partial charge in [-0.1, -0.05) is 27.7 Å². The topological polar surface area (TPSA) is 57.8 Å². The predicted octanol–water partition coefficient (Wildman–Crippen LogP) is 3.55. The molecule has 1 saturated carbocycles. The fraction of sp³-hybridized carbons (Fsp3) is 0.714. The molecule has 0 spiro atoms. The van der Waals surface area contributed by atoms with Crippen molar-refractivity contribution in [1.29, 1.82) is 0 Å². The lowest BCUT2D eigenvalue weighted by Gasteiger charge is -2.45. The molecule has 0 aromatic carbocycles. The van der Waals surface area contributed by atoms with Crippen LogP contribution in [0.15, 0.2) is 15.5 Å². The van der Waals surface area contributed by atoms with E-state index in [0.717, 1.165) is 18.5 Å². The average Bonchev–Trinajstić information content (AvgIpc) is 2.20. The van der Waals surface area contributed by atoms with Gasteiger partial charge in [0.1, 0.15) is 4.47 Å². The molecule has 0 amide bonds. The molecule has 1 aliphatic rings. The summed E-state index contributed by atoms with van der Waals surface area (Å²) in [6, 6.07) is 0.374. The molecule has 19 heavy (non-hydrogen) atoms. The first kappa shape index (κ1) is 14.6. The molecule has 1 aromatic rings. The van der Waals surface area contributed by atoms with E-state index in [9.17, 15) is 4.79 Å². The molecule has 4 nitrogen and oxygen atoms in total. The summed E-state index contributed by atoms with van der Waals surface area (Å²) in [5, 5.41) is 9.74. The molecule has 0 unspecified atom stereocenters. The number of hydrogen-bond donors (Lipinski definition) is 2. The molecule has 1 aromatic heterocycles. The number of aromatic amines is 1. The Balaban J connectivity index is 2.19. The van der Waals surface area contributed by atoms with Gasteiger partial charge in [0.15, 0.2) is 0 Å². The Morgan fingerprint density at radius 1 is 1.32 bits per heavy atom. The van der Waals surface area contributed by atoms with Crippen LogP contribution in [-0.2, 0) is 0 Å². The van der Waals surface area contributed by atoms with Crippen molar-refractivity contribution in [2.45, 2.75) is 53.0 Å². The Kier molecular flexibility index (Phi) is 3.78. The number of anilines is 1. The summed E-state index contributed by atoms with van der Waals surface area (Å²) in [5.74, 6) is 0. The highest BCUT2D eigenvalue weighted by Gasteiger charge is 2.38. The van der Waals surface area contributed by atoms with Gasteiger partial charge < -0.3 is 5.32 Å². The highest BCUT2D eigenvalue weighted by molar-refractivity contribution is 9.10. The number of nitrogens with zero attached hydrogens (tertiary/aromatic N) is 1. The van der Waals surface area contributed by atoms with E-state index in [1.54, 1.807) is 6.20 Å². The van der Waals surface area contributed by atoms with E-state index in [0.29, 0.717) is 21.3 Å². The van der Waals surface area contributed by atoms with Crippen molar-refractivity contribution >= 4 is 21.6 Å². The van der Waals surface area contributed by atoms with Crippen LogP contribution in [-0.4, -0.2) is 16.2 Å². The Labute approximate surface area is 122 Å². The SMILES string of the molecule is CC1(C)CC(Nc2cn[nH]c(=O)c2Br)CC(C)(C)C1. The van der Waals surface area contributed by atoms with Gasteiger partial charge in [-0.2, -0.15) is 5.10 Å². The zero-order chi connectivity index (χ0) is 14.3. The van der Waals surface area contributed by atoms with Gasteiger partial charge in [-0.25, -0.2) is 5.10 Å². The zero-order valence-corrected chi connectivity index (χ0v) is 13.6. The Hall–Kier alpha value is -0.840.